The zero-order valence-electron chi connectivity index (χ0n) is 14.8. The van der Waals surface area contributed by atoms with Crippen LogP contribution < -0.4 is 0 Å². The van der Waals surface area contributed by atoms with Gasteiger partial charge in [0.2, 0.25) is 5.91 Å². The first-order valence-corrected chi connectivity index (χ1v) is 9.01. The van der Waals surface area contributed by atoms with Crippen LogP contribution in [0.15, 0.2) is 49.1 Å². The number of amides is 1. The molecule has 3 heterocycles. The van der Waals surface area contributed by atoms with E-state index in [0.29, 0.717) is 13.1 Å². The van der Waals surface area contributed by atoms with Gasteiger partial charge in [-0.25, -0.2) is 0 Å². The number of aromatic nitrogens is 2. The second-order valence-electron chi connectivity index (χ2n) is 6.76. The van der Waals surface area contributed by atoms with E-state index < -0.39 is 0 Å². The molecule has 1 atom stereocenters. The summed E-state index contributed by atoms with van der Waals surface area (Å²) in [5.74, 6) is 0.206. The molecule has 0 radical (unpaired) electrons. The Balaban J connectivity index is 1.80. The molecule has 0 saturated carbocycles. The largest absolute Gasteiger partial charge is 0.333 e. The lowest BCUT2D eigenvalue weighted by molar-refractivity contribution is -0.138. The molecule has 5 heteroatoms. The van der Waals surface area contributed by atoms with Crippen LogP contribution in [0.1, 0.15) is 36.8 Å². The number of nitrogens with zero attached hydrogens (tertiary/aromatic N) is 4. The van der Waals surface area contributed by atoms with Gasteiger partial charge >= 0.3 is 0 Å². The SMILES string of the molecule is CN1CCCCCC1C(=O)N(Cc1cccnc1)Cc1cccnc1. The van der Waals surface area contributed by atoms with Gasteiger partial charge < -0.3 is 4.90 Å². The van der Waals surface area contributed by atoms with Gasteiger partial charge in [0, 0.05) is 37.9 Å². The van der Waals surface area contributed by atoms with Crippen molar-refractivity contribution >= 4 is 5.91 Å². The highest BCUT2D eigenvalue weighted by atomic mass is 16.2. The quantitative estimate of drug-likeness (QED) is 0.841. The number of carbonyl (C=O) groups is 1. The number of carbonyl (C=O) groups excluding carboxylic acids is 1. The summed E-state index contributed by atoms with van der Waals surface area (Å²) in [6.07, 6.45) is 11.6. The van der Waals surface area contributed by atoms with Crippen LogP contribution in [0, 0.1) is 0 Å². The van der Waals surface area contributed by atoms with Crippen molar-refractivity contribution in [2.24, 2.45) is 0 Å². The Morgan fingerprint density at radius 3 is 2.28 bits per heavy atom. The molecule has 1 fully saturated rings. The maximum Gasteiger partial charge on any atom is 0.240 e. The molecule has 1 saturated heterocycles. The summed E-state index contributed by atoms with van der Waals surface area (Å²) in [4.78, 5) is 25.8. The number of hydrogen-bond acceptors (Lipinski definition) is 4. The van der Waals surface area contributed by atoms with Crippen molar-refractivity contribution in [1.82, 2.24) is 19.8 Å². The highest BCUT2D eigenvalue weighted by Gasteiger charge is 2.29. The fraction of sp³-hybridized carbons (Fsp3) is 0.450. The molecule has 0 spiro atoms. The molecule has 1 unspecified atom stereocenters. The molecule has 0 aliphatic carbocycles. The molecular weight excluding hydrogens is 312 g/mol. The lowest BCUT2D eigenvalue weighted by Crippen LogP contribution is -2.46. The summed E-state index contributed by atoms with van der Waals surface area (Å²) in [7, 11) is 2.07. The predicted octanol–water partition coefficient (Wildman–Crippen LogP) is 2.88. The first-order chi connectivity index (χ1) is 12.2. The smallest absolute Gasteiger partial charge is 0.240 e. The van der Waals surface area contributed by atoms with Gasteiger partial charge in [-0.2, -0.15) is 0 Å². The summed E-state index contributed by atoms with van der Waals surface area (Å²) in [6.45, 7) is 2.14. The fourth-order valence-corrected chi connectivity index (χ4v) is 3.41. The highest BCUT2D eigenvalue weighted by molar-refractivity contribution is 5.82. The number of likely N-dealkylation sites (tertiary alicyclic amines) is 1. The van der Waals surface area contributed by atoms with Crippen molar-refractivity contribution in [3.05, 3.63) is 60.2 Å². The molecule has 132 valence electrons. The van der Waals surface area contributed by atoms with Crippen LogP contribution in [0.25, 0.3) is 0 Å². The highest BCUT2D eigenvalue weighted by Crippen LogP contribution is 2.19. The molecule has 0 N–H and O–H groups in total. The molecule has 0 aromatic carbocycles. The van der Waals surface area contributed by atoms with Crippen LogP contribution >= 0.6 is 0 Å². The Kier molecular flexibility index (Phi) is 6.12. The van der Waals surface area contributed by atoms with Gasteiger partial charge in [0.05, 0.1) is 6.04 Å². The van der Waals surface area contributed by atoms with E-state index in [1.165, 1.54) is 12.8 Å². The van der Waals surface area contributed by atoms with Gasteiger partial charge in [-0.3, -0.25) is 19.7 Å². The number of hydrogen-bond donors (Lipinski definition) is 0. The van der Waals surface area contributed by atoms with E-state index in [2.05, 4.69) is 21.9 Å². The van der Waals surface area contributed by atoms with Gasteiger partial charge in [0.1, 0.15) is 0 Å². The van der Waals surface area contributed by atoms with E-state index in [0.717, 1.165) is 30.5 Å². The van der Waals surface area contributed by atoms with Crippen molar-refractivity contribution in [1.29, 1.82) is 0 Å². The monoisotopic (exact) mass is 338 g/mol. The minimum Gasteiger partial charge on any atom is -0.333 e. The van der Waals surface area contributed by atoms with Crippen LogP contribution in [0.4, 0.5) is 0 Å². The molecule has 25 heavy (non-hydrogen) atoms. The molecule has 5 nitrogen and oxygen atoms in total. The zero-order valence-corrected chi connectivity index (χ0v) is 14.8. The summed E-state index contributed by atoms with van der Waals surface area (Å²) in [5.41, 5.74) is 2.10. The molecule has 2 aromatic rings. The molecule has 1 aliphatic rings. The predicted molar refractivity (Wildman–Crippen MR) is 97.6 cm³/mol. The molecule has 1 aliphatic heterocycles. The average molecular weight is 338 g/mol. The maximum atomic E-state index is 13.3. The van der Waals surface area contributed by atoms with Crippen molar-refractivity contribution in [2.45, 2.75) is 44.8 Å². The molecule has 2 aromatic heterocycles. The third-order valence-electron chi connectivity index (χ3n) is 4.81. The van der Waals surface area contributed by atoms with Crippen LogP contribution in [-0.4, -0.2) is 45.3 Å². The molecular formula is C20H26N4O. The van der Waals surface area contributed by atoms with Gasteiger partial charge in [-0.15, -0.1) is 0 Å². The summed E-state index contributed by atoms with van der Waals surface area (Å²) >= 11 is 0. The third-order valence-corrected chi connectivity index (χ3v) is 4.81. The van der Waals surface area contributed by atoms with E-state index in [1.807, 2.05) is 41.6 Å². The van der Waals surface area contributed by atoms with Gasteiger partial charge in [-0.05, 0) is 49.7 Å². The van der Waals surface area contributed by atoms with E-state index in [1.54, 1.807) is 12.4 Å². The Morgan fingerprint density at radius 1 is 1.08 bits per heavy atom. The number of likely N-dealkylation sites (N-methyl/N-ethyl adjacent to an activating group) is 1. The van der Waals surface area contributed by atoms with Crippen LogP contribution in [-0.2, 0) is 17.9 Å². The number of rotatable bonds is 5. The minimum atomic E-state index is -0.0316. The second kappa shape index (κ2) is 8.72. The van der Waals surface area contributed by atoms with Crippen molar-refractivity contribution in [2.75, 3.05) is 13.6 Å². The topological polar surface area (TPSA) is 49.3 Å². The maximum absolute atomic E-state index is 13.3. The molecule has 0 bridgehead atoms. The fourth-order valence-electron chi connectivity index (χ4n) is 3.41. The third kappa shape index (κ3) is 4.86. The average Bonchev–Trinajstić information content (AvgIpc) is 2.87. The van der Waals surface area contributed by atoms with Gasteiger partial charge in [-0.1, -0.05) is 25.0 Å². The normalized spacial score (nSPS) is 18.5. The first-order valence-electron chi connectivity index (χ1n) is 9.01. The summed E-state index contributed by atoms with van der Waals surface area (Å²) in [5, 5.41) is 0. The zero-order chi connectivity index (χ0) is 17.5. The summed E-state index contributed by atoms with van der Waals surface area (Å²) in [6, 6.07) is 7.84. The minimum absolute atomic E-state index is 0.0316. The van der Waals surface area contributed by atoms with Crippen LogP contribution in [0.3, 0.4) is 0 Å². The van der Waals surface area contributed by atoms with E-state index >= 15 is 0 Å². The van der Waals surface area contributed by atoms with E-state index in [9.17, 15) is 4.79 Å². The van der Waals surface area contributed by atoms with E-state index in [4.69, 9.17) is 0 Å². The van der Waals surface area contributed by atoms with E-state index in [-0.39, 0.29) is 11.9 Å². The van der Waals surface area contributed by atoms with Crippen molar-refractivity contribution in [3.8, 4) is 0 Å². The van der Waals surface area contributed by atoms with Crippen molar-refractivity contribution < 1.29 is 4.79 Å². The van der Waals surface area contributed by atoms with Crippen LogP contribution in [0.5, 0.6) is 0 Å². The Hall–Kier alpha value is -2.27. The summed E-state index contributed by atoms with van der Waals surface area (Å²) < 4.78 is 0. The Bertz CT molecular complexity index is 620. The molecule has 3 rings (SSSR count). The Labute approximate surface area is 149 Å². The Morgan fingerprint density at radius 2 is 1.72 bits per heavy atom. The number of pyridine rings is 2. The standard InChI is InChI=1S/C20H26N4O/c1-23-12-4-2-3-9-19(23)20(25)24(15-17-7-5-10-21-13-17)16-18-8-6-11-22-14-18/h5-8,10-11,13-14,19H,2-4,9,12,15-16H2,1H3. The first kappa shape index (κ1) is 17.5. The van der Waals surface area contributed by atoms with Gasteiger partial charge in [0.25, 0.3) is 0 Å². The lowest BCUT2D eigenvalue weighted by atomic mass is 10.1. The van der Waals surface area contributed by atoms with Gasteiger partial charge in [0.15, 0.2) is 0 Å². The lowest BCUT2D eigenvalue weighted by Gasteiger charge is -2.31. The molecule has 1 amide bonds. The second-order valence-corrected chi connectivity index (χ2v) is 6.76. The van der Waals surface area contributed by atoms with Crippen molar-refractivity contribution in [3.63, 3.8) is 0 Å². The van der Waals surface area contributed by atoms with Crippen LogP contribution in [0.2, 0.25) is 0 Å².